The number of methoxy groups -OCH3 is 2. The van der Waals surface area contributed by atoms with Crippen LogP contribution in [-0.2, 0) is 19.6 Å². The largest absolute Gasteiger partial charge is 0.493 e. The number of anilines is 1. The van der Waals surface area contributed by atoms with Crippen LogP contribution in [0.4, 0.5) is 5.69 Å². The quantitative estimate of drug-likeness (QED) is 0.541. The number of aromatic nitrogens is 1. The van der Waals surface area contributed by atoms with Crippen LogP contribution in [0.15, 0.2) is 23.1 Å². The van der Waals surface area contributed by atoms with Gasteiger partial charge in [0.15, 0.2) is 11.5 Å². The second kappa shape index (κ2) is 10.5. The lowest BCUT2D eigenvalue weighted by atomic mass is 9.98. The summed E-state index contributed by atoms with van der Waals surface area (Å²) < 4.78 is 44.0. The number of esters is 1. The number of carbonyl (C=O) groups excluding carboxylic acids is 2. The minimum Gasteiger partial charge on any atom is -0.493 e. The van der Waals surface area contributed by atoms with Gasteiger partial charge < -0.3 is 24.5 Å². The van der Waals surface area contributed by atoms with Gasteiger partial charge in [-0.15, -0.1) is 0 Å². The highest BCUT2D eigenvalue weighted by Crippen LogP contribution is 2.32. The summed E-state index contributed by atoms with van der Waals surface area (Å²) in [5.74, 6) is -0.534. The van der Waals surface area contributed by atoms with Gasteiger partial charge in [0.25, 0.3) is 0 Å². The number of hydrogen-bond donors (Lipinski definition) is 2. The number of hydrogen-bond acceptors (Lipinski definition) is 7. The maximum Gasteiger partial charge on any atom is 0.341 e. The van der Waals surface area contributed by atoms with Gasteiger partial charge in [0, 0.05) is 36.2 Å². The Morgan fingerprint density at radius 3 is 2.50 bits per heavy atom. The Balaban J connectivity index is 1.82. The molecule has 1 aromatic carbocycles. The van der Waals surface area contributed by atoms with E-state index < -0.39 is 21.9 Å². The molecule has 2 N–H and O–H groups in total. The Morgan fingerprint density at radius 1 is 1.15 bits per heavy atom. The minimum absolute atomic E-state index is 0.00733. The molecule has 1 aliphatic heterocycles. The fourth-order valence-corrected chi connectivity index (χ4v) is 6.13. The zero-order valence-electron chi connectivity index (χ0n) is 20.1. The van der Waals surface area contributed by atoms with E-state index in [-0.39, 0.29) is 36.1 Å². The predicted molar refractivity (Wildman–Crippen MR) is 126 cm³/mol. The smallest absolute Gasteiger partial charge is 0.341 e. The molecule has 1 atom stereocenters. The molecule has 1 aliphatic rings. The molecule has 186 valence electrons. The van der Waals surface area contributed by atoms with E-state index in [0.717, 1.165) is 0 Å². The van der Waals surface area contributed by atoms with E-state index >= 15 is 0 Å². The maximum atomic E-state index is 13.6. The van der Waals surface area contributed by atoms with Crippen molar-refractivity contribution in [1.82, 2.24) is 9.29 Å². The van der Waals surface area contributed by atoms with Crippen LogP contribution in [0.1, 0.15) is 41.5 Å². The van der Waals surface area contributed by atoms with Gasteiger partial charge in [-0.1, -0.05) is 0 Å². The van der Waals surface area contributed by atoms with Crippen molar-refractivity contribution < 1.29 is 32.2 Å². The van der Waals surface area contributed by atoms with Gasteiger partial charge >= 0.3 is 5.97 Å². The zero-order valence-corrected chi connectivity index (χ0v) is 20.9. The second-order valence-electron chi connectivity index (χ2n) is 8.06. The van der Waals surface area contributed by atoms with Crippen LogP contribution in [0, 0.1) is 19.8 Å². The van der Waals surface area contributed by atoms with Crippen LogP contribution in [0.25, 0.3) is 0 Å². The number of H-pyrrole nitrogens is 1. The van der Waals surface area contributed by atoms with Gasteiger partial charge in [0.05, 0.1) is 26.7 Å². The maximum absolute atomic E-state index is 13.6. The number of piperidine rings is 1. The van der Waals surface area contributed by atoms with Crippen LogP contribution in [0.3, 0.4) is 0 Å². The molecule has 1 aromatic heterocycles. The first kappa shape index (κ1) is 25.6. The summed E-state index contributed by atoms with van der Waals surface area (Å²) in [6.07, 6.45) is 1.06. The number of aryl methyl sites for hydroxylation is 2. The van der Waals surface area contributed by atoms with Crippen LogP contribution in [-0.4, -0.2) is 63.5 Å². The van der Waals surface area contributed by atoms with Crippen LogP contribution >= 0.6 is 0 Å². The van der Waals surface area contributed by atoms with Crippen molar-refractivity contribution >= 4 is 27.6 Å². The number of amides is 1. The summed E-state index contributed by atoms with van der Waals surface area (Å²) in [5.41, 5.74) is 1.31. The topological polar surface area (TPSA) is 127 Å². The molecule has 0 spiro atoms. The Bertz CT molecular complexity index is 1170. The molecule has 0 saturated carbocycles. The third-order valence-electron chi connectivity index (χ3n) is 5.80. The second-order valence-corrected chi connectivity index (χ2v) is 9.94. The number of nitrogens with zero attached hydrogens (tertiary/aromatic N) is 1. The van der Waals surface area contributed by atoms with Gasteiger partial charge in [-0.25, -0.2) is 13.2 Å². The molecule has 11 heteroatoms. The van der Waals surface area contributed by atoms with Crippen molar-refractivity contribution in [1.29, 1.82) is 0 Å². The van der Waals surface area contributed by atoms with Crippen molar-refractivity contribution in [3.8, 4) is 11.5 Å². The summed E-state index contributed by atoms with van der Waals surface area (Å²) in [6.45, 7) is 5.29. The predicted octanol–water partition coefficient (Wildman–Crippen LogP) is 2.86. The summed E-state index contributed by atoms with van der Waals surface area (Å²) in [6, 6.07) is 5.01. The van der Waals surface area contributed by atoms with Gasteiger partial charge in [0.2, 0.25) is 15.9 Å². The molecule has 0 bridgehead atoms. The molecule has 34 heavy (non-hydrogen) atoms. The van der Waals surface area contributed by atoms with E-state index in [4.69, 9.17) is 14.2 Å². The number of aromatic amines is 1. The van der Waals surface area contributed by atoms with Crippen molar-refractivity contribution in [2.75, 3.05) is 39.2 Å². The van der Waals surface area contributed by atoms with E-state index in [1.165, 1.54) is 18.5 Å². The van der Waals surface area contributed by atoms with Crippen LogP contribution in [0.2, 0.25) is 0 Å². The first-order chi connectivity index (χ1) is 16.1. The fraction of sp³-hybridized carbons (Fsp3) is 0.478. The number of benzene rings is 1. The summed E-state index contributed by atoms with van der Waals surface area (Å²) in [5, 5.41) is 2.84. The lowest BCUT2D eigenvalue weighted by Crippen LogP contribution is -2.44. The van der Waals surface area contributed by atoms with E-state index in [1.807, 2.05) is 0 Å². The Kier molecular flexibility index (Phi) is 7.88. The molecule has 1 saturated heterocycles. The highest BCUT2D eigenvalue weighted by molar-refractivity contribution is 7.89. The average molecular weight is 494 g/mol. The average Bonchev–Trinajstić information content (AvgIpc) is 3.13. The normalized spacial score (nSPS) is 16.7. The molecule has 0 radical (unpaired) electrons. The molecular formula is C23H31N3O7S. The molecule has 2 aromatic rings. The zero-order chi connectivity index (χ0) is 25.0. The number of carbonyl (C=O) groups is 2. The third-order valence-corrected chi connectivity index (χ3v) is 7.84. The summed E-state index contributed by atoms with van der Waals surface area (Å²) in [4.78, 5) is 28.3. The number of rotatable bonds is 8. The highest BCUT2D eigenvalue weighted by Gasteiger charge is 2.38. The van der Waals surface area contributed by atoms with Crippen molar-refractivity contribution in [3.63, 3.8) is 0 Å². The Hall–Kier alpha value is -3.05. The van der Waals surface area contributed by atoms with Gasteiger partial charge in [-0.05, 0) is 45.7 Å². The molecule has 0 aliphatic carbocycles. The monoisotopic (exact) mass is 493 g/mol. The molecule has 1 unspecified atom stereocenters. The summed E-state index contributed by atoms with van der Waals surface area (Å²) >= 11 is 0. The molecular weight excluding hydrogens is 462 g/mol. The number of ether oxygens (including phenoxy) is 3. The van der Waals surface area contributed by atoms with Crippen molar-refractivity contribution in [3.05, 3.63) is 35.2 Å². The van der Waals surface area contributed by atoms with Crippen molar-refractivity contribution in [2.24, 2.45) is 5.92 Å². The van der Waals surface area contributed by atoms with Crippen LogP contribution in [0.5, 0.6) is 11.5 Å². The summed E-state index contributed by atoms with van der Waals surface area (Å²) in [7, 11) is -1.02. The van der Waals surface area contributed by atoms with Gasteiger partial charge in [0.1, 0.15) is 10.5 Å². The number of nitrogens with one attached hydrogen (secondary N) is 2. The standard InChI is InChI=1S/C23H31N3O7S/c1-6-33-23(28)20-14(2)24-15(3)21(20)34(29,30)26-11-7-8-16(13-26)22(27)25-17-9-10-18(31-4)19(12-17)32-5/h9-10,12,16,24H,6-8,11,13H2,1-5H3,(H,25,27). The van der Waals surface area contributed by atoms with Crippen LogP contribution < -0.4 is 14.8 Å². The fourth-order valence-electron chi connectivity index (χ4n) is 4.19. The number of sulfonamides is 1. The van der Waals surface area contributed by atoms with Gasteiger partial charge in [-0.3, -0.25) is 4.79 Å². The minimum atomic E-state index is -4.04. The Morgan fingerprint density at radius 2 is 1.85 bits per heavy atom. The van der Waals surface area contributed by atoms with E-state index in [2.05, 4.69) is 10.3 Å². The first-order valence-corrected chi connectivity index (χ1v) is 12.5. The molecule has 10 nitrogen and oxygen atoms in total. The molecule has 1 fully saturated rings. The van der Waals surface area contributed by atoms with Crippen molar-refractivity contribution in [2.45, 2.75) is 38.5 Å². The van der Waals surface area contributed by atoms with E-state index in [0.29, 0.717) is 41.4 Å². The highest BCUT2D eigenvalue weighted by atomic mass is 32.2. The van der Waals surface area contributed by atoms with E-state index in [1.54, 1.807) is 39.0 Å². The lowest BCUT2D eigenvalue weighted by Gasteiger charge is -2.31. The SMILES string of the molecule is CCOC(=O)c1c(C)[nH]c(C)c1S(=O)(=O)N1CCCC(C(=O)Nc2ccc(OC)c(OC)c2)C1. The first-order valence-electron chi connectivity index (χ1n) is 11.0. The third kappa shape index (κ3) is 5.05. The van der Waals surface area contributed by atoms with E-state index in [9.17, 15) is 18.0 Å². The molecule has 1 amide bonds. The van der Waals surface area contributed by atoms with Gasteiger partial charge in [-0.2, -0.15) is 4.31 Å². The molecule has 2 heterocycles. The lowest BCUT2D eigenvalue weighted by molar-refractivity contribution is -0.120. The Labute approximate surface area is 199 Å². The molecule has 3 rings (SSSR count).